The van der Waals surface area contributed by atoms with Crippen LogP contribution in [-0.4, -0.2) is 27.8 Å². The number of hydrogen-bond acceptors (Lipinski definition) is 4. The molecule has 1 aliphatic rings. The lowest BCUT2D eigenvalue weighted by molar-refractivity contribution is 0.0933. The quantitative estimate of drug-likeness (QED) is 0.811. The summed E-state index contributed by atoms with van der Waals surface area (Å²) in [4.78, 5) is 32.8. The molecule has 0 unspecified atom stereocenters. The first-order valence-corrected chi connectivity index (χ1v) is 9.15. The summed E-state index contributed by atoms with van der Waals surface area (Å²) >= 11 is 0. The second-order valence-corrected chi connectivity index (χ2v) is 6.66. The average molecular weight is 352 g/mol. The van der Waals surface area contributed by atoms with E-state index in [0.717, 1.165) is 31.2 Å². The van der Waals surface area contributed by atoms with Crippen molar-refractivity contribution in [1.82, 2.24) is 20.6 Å². The number of nitrogens with one attached hydrogen (secondary N) is 2. The molecular formula is C20H24N4O2. The van der Waals surface area contributed by atoms with Gasteiger partial charge >= 0.3 is 0 Å². The van der Waals surface area contributed by atoms with Crippen LogP contribution < -0.4 is 10.6 Å². The van der Waals surface area contributed by atoms with Gasteiger partial charge in [0.15, 0.2) is 0 Å². The summed E-state index contributed by atoms with van der Waals surface area (Å²) in [5.41, 5.74) is 1.77. The molecule has 2 N–H and O–H groups in total. The molecule has 0 atom stereocenters. The van der Waals surface area contributed by atoms with E-state index in [1.165, 1.54) is 25.2 Å². The highest BCUT2D eigenvalue weighted by Gasteiger charge is 2.17. The maximum atomic E-state index is 12.5. The van der Waals surface area contributed by atoms with Gasteiger partial charge in [-0.05, 0) is 36.6 Å². The van der Waals surface area contributed by atoms with Gasteiger partial charge in [-0.25, -0.2) is 0 Å². The fraction of sp³-hybridized carbons (Fsp3) is 0.400. The van der Waals surface area contributed by atoms with Gasteiger partial charge in [0.05, 0.1) is 11.1 Å². The molecule has 1 aliphatic carbocycles. The number of hydrogen-bond donors (Lipinski definition) is 2. The Labute approximate surface area is 153 Å². The molecule has 2 heterocycles. The smallest absolute Gasteiger partial charge is 0.253 e. The van der Waals surface area contributed by atoms with Crippen LogP contribution in [0.3, 0.4) is 0 Å². The van der Waals surface area contributed by atoms with E-state index in [2.05, 4.69) is 20.6 Å². The zero-order chi connectivity index (χ0) is 18.2. The van der Waals surface area contributed by atoms with Gasteiger partial charge in [0.25, 0.3) is 11.8 Å². The minimum absolute atomic E-state index is 0.159. The van der Waals surface area contributed by atoms with Crippen LogP contribution in [-0.2, 0) is 6.54 Å². The van der Waals surface area contributed by atoms with Gasteiger partial charge in [-0.2, -0.15) is 0 Å². The summed E-state index contributed by atoms with van der Waals surface area (Å²) in [6.07, 6.45) is 13.2. The van der Waals surface area contributed by atoms with E-state index in [1.807, 2.05) is 12.1 Å². The Morgan fingerprint density at radius 1 is 0.923 bits per heavy atom. The largest absolute Gasteiger partial charge is 0.349 e. The van der Waals surface area contributed by atoms with Gasteiger partial charge in [0.2, 0.25) is 0 Å². The number of carbonyl (C=O) groups excluding carboxylic acids is 2. The molecular weight excluding hydrogens is 328 g/mol. The molecule has 0 aromatic carbocycles. The second-order valence-electron chi connectivity index (χ2n) is 6.66. The van der Waals surface area contributed by atoms with E-state index in [9.17, 15) is 9.59 Å². The lowest BCUT2D eigenvalue weighted by Gasteiger charge is -2.16. The molecule has 1 saturated carbocycles. The predicted octanol–water partition coefficient (Wildman–Crippen LogP) is 2.86. The highest BCUT2D eigenvalue weighted by molar-refractivity contribution is 5.99. The lowest BCUT2D eigenvalue weighted by Crippen LogP contribution is -2.34. The molecule has 6 heteroatoms. The SMILES string of the molecule is O=C(NCc1ccncc1)c1cncc(C(=O)NC2CCCCCC2)c1. The van der Waals surface area contributed by atoms with Crippen molar-refractivity contribution in [3.05, 3.63) is 59.7 Å². The molecule has 2 aromatic heterocycles. The fourth-order valence-corrected chi connectivity index (χ4v) is 3.17. The third kappa shape index (κ3) is 5.12. The number of amides is 2. The van der Waals surface area contributed by atoms with Gasteiger partial charge in [-0.15, -0.1) is 0 Å². The molecule has 2 amide bonds. The monoisotopic (exact) mass is 352 g/mol. The van der Waals surface area contributed by atoms with Crippen molar-refractivity contribution in [3.8, 4) is 0 Å². The molecule has 0 spiro atoms. The second kappa shape index (κ2) is 9.08. The van der Waals surface area contributed by atoms with Crippen molar-refractivity contribution in [1.29, 1.82) is 0 Å². The van der Waals surface area contributed by atoms with E-state index in [0.29, 0.717) is 17.7 Å². The van der Waals surface area contributed by atoms with Gasteiger partial charge in [0.1, 0.15) is 0 Å². The maximum absolute atomic E-state index is 12.5. The minimum Gasteiger partial charge on any atom is -0.349 e. The molecule has 0 bridgehead atoms. The molecule has 0 aliphatic heterocycles. The van der Waals surface area contributed by atoms with E-state index in [-0.39, 0.29) is 17.9 Å². The van der Waals surface area contributed by atoms with E-state index in [4.69, 9.17) is 0 Å². The van der Waals surface area contributed by atoms with Crippen molar-refractivity contribution < 1.29 is 9.59 Å². The summed E-state index contributed by atoms with van der Waals surface area (Å²) < 4.78 is 0. The minimum atomic E-state index is -0.251. The molecule has 0 radical (unpaired) electrons. The Balaban J connectivity index is 1.59. The van der Waals surface area contributed by atoms with Crippen LogP contribution in [0.1, 0.15) is 64.8 Å². The van der Waals surface area contributed by atoms with Crippen LogP contribution in [0.4, 0.5) is 0 Å². The van der Waals surface area contributed by atoms with E-state index >= 15 is 0 Å². The zero-order valence-electron chi connectivity index (χ0n) is 14.8. The number of aromatic nitrogens is 2. The van der Waals surface area contributed by atoms with Crippen LogP contribution in [0.15, 0.2) is 43.0 Å². The summed E-state index contributed by atoms with van der Waals surface area (Å²) in [6.45, 7) is 0.403. The molecule has 3 rings (SSSR count). The normalized spacial score (nSPS) is 15.1. The summed E-state index contributed by atoms with van der Waals surface area (Å²) in [5.74, 6) is -0.411. The van der Waals surface area contributed by atoms with Crippen molar-refractivity contribution in [2.24, 2.45) is 0 Å². The first kappa shape index (κ1) is 18.0. The third-order valence-corrected chi connectivity index (χ3v) is 4.66. The van der Waals surface area contributed by atoms with Gasteiger partial charge < -0.3 is 10.6 Å². The van der Waals surface area contributed by atoms with Crippen molar-refractivity contribution in [2.75, 3.05) is 0 Å². The Kier molecular flexibility index (Phi) is 6.30. The van der Waals surface area contributed by atoms with E-state index in [1.54, 1.807) is 18.5 Å². The van der Waals surface area contributed by atoms with Crippen molar-refractivity contribution >= 4 is 11.8 Å². The number of carbonyl (C=O) groups is 2. The average Bonchev–Trinajstić information content (AvgIpc) is 2.95. The summed E-state index contributed by atoms with van der Waals surface area (Å²) in [6, 6.07) is 5.50. The molecule has 6 nitrogen and oxygen atoms in total. The Bertz CT molecular complexity index is 740. The van der Waals surface area contributed by atoms with Crippen molar-refractivity contribution in [2.45, 2.75) is 51.1 Å². The first-order valence-electron chi connectivity index (χ1n) is 9.15. The highest BCUT2D eigenvalue weighted by Crippen LogP contribution is 2.17. The Morgan fingerprint density at radius 2 is 1.58 bits per heavy atom. The number of pyridine rings is 2. The zero-order valence-corrected chi connectivity index (χ0v) is 14.8. The first-order chi connectivity index (χ1) is 12.7. The summed E-state index contributed by atoms with van der Waals surface area (Å²) in [7, 11) is 0. The van der Waals surface area contributed by atoms with Crippen LogP contribution in [0.5, 0.6) is 0 Å². The van der Waals surface area contributed by atoms with Crippen LogP contribution in [0.2, 0.25) is 0 Å². The molecule has 136 valence electrons. The van der Waals surface area contributed by atoms with Crippen LogP contribution >= 0.6 is 0 Å². The molecule has 26 heavy (non-hydrogen) atoms. The van der Waals surface area contributed by atoms with Crippen LogP contribution in [0.25, 0.3) is 0 Å². The number of rotatable bonds is 5. The lowest BCUT2D eigenvalue weighted by atomic mass is 10.1. The van der Waals surface area contributed by atoms with E-state index < -0.39 is 0 Å². The van der Waals surface area contributed by atoms with Crippen molar-refractivity contribution in [3.63, 3.8) is 0 Å². The highest BCUT2D eigenvalue weighted by atomic mass is 16.2. The standard InChI is InChI=1S/C20H24N4O2/c25-19(23-12-15-7-9-21-10-8-15)16-11-17(14-22-13-16)20(26)24-18-5-3-1-2-4-6-18/h7-11,13-14,18H,1-6,12H2,(H,23,25)(H,24,26). The third-order valence-electron chi connectivity index (χ3n) is 4.66. The van der Waals surface area contributed by atoms with Gasteiger partial charge in [-0.1, -0.05) is 25.7 Å². The fourth-order valence-electron chi connectivity index (χ4n) is 3.17. The molecule has 0 saturated heterocycles. The predicted molar refractivity (Wildman–Crippen MR) is 98.6 cm³/mol. The topological polar surface area (TPSA) is 84.0 Å². The maximum Gasteiger partial charge on any atom is 0.253 e. The molecule has 1 fully saturated rings. The number of nitrogens with zero attached hydrogens (tertiary/aromatic N) is 2. The Hall–Kier alpha value is -2.76. The summed E-state index contributed by atoms with van der Waals surface area (Å²) in [5, 5.41) is 5.91. The molecule has 2 aromatic rings. The van der Waals surface area contributed by atoms with Gasteiger partial charge in [-0.3, -0.25) is 19.6 Å². The Morgan fingerprint density at radius 3 is 2.27 bits per heavy atom. The van der Waals surface area contributed by atoms with Crippen LogP contribution in [0, 0.1) is 0 Å². The van der Waals surface area contributed by atoms with Gasteiger partial charge in [0, 0.05) is 37.4 Å².